The summed E-state index contributed by atoms with van der Waals surface area (Å²) < 4.78 is 0. The Hall–Kier alpha value is -1.62. The first-order valence-corrected chi connectivity index (χ1v) is 7.01. The van der Waals surface area contributed by atoms with Gasteiger partial charge < -0.3 is 5.32 Å². The molecule has 5 heteroatoms. The van der Waals surface area contributed by atoms with Crippen molar-refractivity contribution >= 4 is 23.1 Å². The van der Waals surface area contributed by atoms with Gasteiger partial charge in [0.25, 0.3) is 0 Å². The standard InChI is InChI=1S/C13H15N3OS/c1-8-7-12(16-15-8)14-13(17)10-3-2-4-11-9(10)5-6-18-11/h5-7,10H,2-4H2,1H3,(H2,14,15,16,17). The van der Waals surface area contributed by atoms with Crippen LogP contribution < -0.4 is 5.32 Å². The molecular formula is C13H15N3OS. The van der Waals surface area contributed by atoms with Crippen LogP contribution in [0, 0.1) is 6.92 Å². The third-order valence-corrected chi connectivity index (χ3v) is 4.32. The summed E-state index contributed by atoms with van der Waals surface area (Å²) in [6, 6.07) is 3.93. The van der Waals surface area contributed by atoms with Gasteiger partial charge in [0.1, 0.15) is 0 Å². The highest BCUT2D eigenvalue weighted by molar-refractivity contribution is 7.10. The van der Waals surface area contributed by atoms with Crippen molar-refractivity contribution < 1.29 is 4.79 Å². The van der Waals surface area contributed by atoms with E-state index < -0.39 is 0 Å². The van der Waals surface area contributed by atoms with Gasteiger partial charge in [0.15, 0.2) is 5.82 Å². The molecule has 0 spiro atoms. The molecular weight excluding hydrogens is 246 g/mol. The first-order chi connectivity index (χ1) is 8.74. The minimum absolute atomic E-state index is 0.0167. The lowest BCUT2D eigenvalue weighted by molar-refractivity contribution is -0.117. The number of rotatable bonds is 2. The molecule has 0 saturated carbocycles. The first-order valence-electron chi connectivity index (χ1n) is 6.13. The predicted molar refractivity (Wildman–Crippen MR) is 72.0 cm³/mol. The number of thiophene rings is 1. The second kappa shape index (κ2) is 4.57. The monoisotopic (exact) mass is 261 g/mol. The van der Waals surface area contributed by atoms with Gasteiger partial charge in [-0.1, -0.05) is 0 Å². The summed E-state index contributed by atoms with van der Waals surface area (Å²) in [4.78, 5) is 13.6. The second-order valence-corrected chi connectivity index (χ2v) is 5.67. The van der Waals surface area contributed by atoms with Crippen LogP contribution >= 0.6 is 11.3 Å². The number of nitrogens with one attached hydrogen (secondary N) is 2. The maximum atomic E-state index is 12.3. The average molecular weight is 261 g/mol. The summed E-state index contributed by atoms with van der Waals surface area (Å²) >= 11 is 1.76. The maximum absolute atomic E-state index is 12.3. The lowest BCUT2D eigenvalue weighted by Crippen LogP contribution is -2.24. The Kier molecular flexibility index (Phi) is 2.91. The summed E-state index contributed by atoms with van der Waals surface area (Å²) in [7, 11) is 0. The number of aromatic amines is 1. The van der Waals surface area contributed by atoms with E-state index in [0.29, 0.717) is 5.82 Å². The lowest BCUT2D eigenvalue weighted by atomic mass is 9.87. The molecule has 4 nitrogen and oxygen atoms in total. The van der Waals surface area contributed by atoms with Crippen molar-refractivity contribution in [1.29, 1.82) is 0 Å². The van der Waals surface area contributed by atoms with Gasteiger partial charge >= 0.3 is 0 Å². The third-order valence-electron chi connectivity index (χ3n) is 3.33. The first kappa shape index (κ1) is 11.5. The topological polar surface area (TPSA) is 57.8 Å². The van der Waals surface area contributed by atoms with Gasteiger partial charge in [0.2, 0.25) is 5.91 Å². The van der Waals surface area contributed by atoms with Crippen LogP contribution in [0.5, 0.6) is 0 Å². The Morgan fingerprint density at radius 3 is 3.28 bits per heavy atom. The number of H-pyrrole nitrogens is 1. The summed E-state index contributed by atoms with van der Waals surface area (Å²) in [6.07, 6.45) is 3.13. The van der Waals surface area contributed by atoms with E-state index in [1.54, 1.807) is 11.3 Å². The molecule has 1 aliphatic carbocycles. The van der Waals surface area contributed by atoms with Crippen molar-refractivity contribution in [1.82, 2.24) is 10.2 Å². The minimum atomic E-state index is -0.0167. The number of aryl methyl sites for hydroxylation is 2. The molecule has 2 aromatic heterocycles. The molecule has 1 atom stereocenters. The van der Waals surface area contributed by atoms with E-state index in [4.69, 9.17) is 0 Å². The number of aromatic nitrogens is 2. The van der Waals surface area contributed by atoms with Crippen molar-refractivity contribution in [2.45, 2.75) is 32.1 Å². The number of anilines is 1. The highest BCUT2D eigenvalue weighted by atomic mass is 32.1. The molecule has 1 aliphatic rings. The molecule has 3 rings (SSSR count). The number of carbonyl (C=O) groups excluding carboxylic acids is 1. The largest absolute Gasteiger partial charge is 0.309 e. The minimum Gasteiger partial charge on any atom is -0.309 e. The number of fused-ring (bicyclic) bond motifs is 1. The Morgan fingerprint density at radius 2 is 2.50 bits per heavy atom. The van der Waals surface area contributed by atoms with Crippen LogP contribution in [0.2, 0.25) is 0 Å². The van der Waals surface area contributed by atoms with Crippen LogP contribution in [-0.2, 0) is 11.2 Å². The molecule has 0 fully saturated rings. The average Bonchev–Trinajstić information content (AvgIpc) is 2.97. The summed E-state index contributed by atoms with van der Waals surface area (Å²) in [5.41, 5.74) is 2.15. The van der Waals surface area contributed by atoms with Crippen molar-refractivity contribution in [2.24, 2.45) is 0 Å². The molecule has 0 bridgehead atoms. The van der Waals surface area contributed by atoms with Crippen molar-refractivity contribution in [3.63, 3.8) is 0 Å². The second-order valence-electron chi connectivity index (χ2n) is 4.67. The quantitative estimate of drug-likeness (QED) is 0.873. The van der Waals surface area contributed by atoms with Gasteiger partial charge in [-0.15, -0.1) is 11.3 Å². The molecule has 0 aromatic carbocycles. The molecule has 2 aromatic rings. The molecule has 0 aliphatic heterocycles. The Balaban J connectivity index is 1.78. The number of carbonyl (C=O) groups is 1. The zero-order chi connectivity index (χ0) is 12.5. The van der Waals surface area contributed by atoms with E-state index in [2.05, 4.69) is 27.0 Å². The van der Waals surface area contributed by atoms with Crippen LogP contribution in [0.15, 0.2) is 17.5 Å². The van der Waals surface area contributed by atoms with Crippen LogP contribution in [-0.4, -0.2) is 16.1 Å². The van der Waals surface area contributed by atoms with Gasteiger partial charge in [-0.25, -0.2) is 0 Å². The van der Waals surface area contributed by atoms with Crippen LogP contribution in [0.1, 0.15) is 34.9 Å². The maximum Gasteiger partial charge on any atom is 0.233 e. The normalized spacial score (nSPS) is 18.4. The fourth-order valence-corrected chi connectivity index (χ4v) is 3.44. The van der Waals surface area contributed by atoms with E-state index in [9.17, 15) is 4.79 Å². The van der Waals surface area contributed by atoms with Crippen LogP contribution in [0.25, 0.3) is 0 Å². The molecule has 0 saturated heterocycles. The van der Waals surface area contributed by atoms with E-state index in [1.807, 2.05) is 13.0 Å². The summed E-state index contributed by atoms with van der Waals surface area (Å²) in [6.45, 7) is 1.92. The van der Waals surface area contributed by atoms with Gasteiger partial charge in [-0.05, 0) is 43.2 Å². The number of amides is 1. The molecule has 2 N–H and O–H groups in total. The van der Waals surface area contributed by atoms with E-state index in [-0.39, 0.29) is 11.8 Å². The number of hydrogen-bond donors (Lipinski definition) is 2. The molecule has 94 valence electrons. The van der Waals surface area contributed by atoms with E-state index in [0.717, 1.165) is 25.0 Å². The third kappa shape index (κ3) is 2.06. The van der Waals surface area contributed by atoms with Gasteiger partial charge in [0.05, 0.1) is 5.92 Å². The Morgan fingerprint density at radius 1 is 1.61 bits per heavy atom. The summed E-state index contributed by atoms with van der Waals surface area (Å²) in [5, 5.41) is 11.8. The zero-order valence-electron chi connectivity index (χ0n) is 10.2. The molecule has 2 heterocycles. The predicted octanol–water partition coefficient (Wildman–Crippen LogP) is 2.84. The van der Waals surface area contributed by atoms with E-state index >= 15 is 0 Å². The van der Waals surface area contributed by atoms with Crippen molar-refractivity contribution in [2.75, 3.05) is 5.32 Å². The smallest absolute Gasteiger partial charge is 0.233 e. The zero-order valence-corrected chi connectivity index (χ0v) is 11.0. The highest BCUT2D eigenvalue weighted by Gasteiger charge is 2.27. The van der Waals surface area contributed by atoms with Gasteiger partial charge in [-0.3, -0.25) is 9.89 Å². The SMILES string of the molecule is Cc1cc(NC(=O)C2CCCc3sccc32)n[nH]1. The fraction of sp³-hybridized carbons (Fsp3) is 0.385. The Bertz CT molecular complexity index is 572. The highest BCUT2D eigenvalue weighted by Crippen LogP contribution is 2.35. The van der Waals surface area contributed by atoms with Gasteiger partial charge in [-0.2, -0.15) is 5.10 Å². The molecule has 18 heavy (non-hydrogen) atoms. The molecule has 1 amide bonds. The molecule has 0 radical (unpaired) electrons. The van der Waals surface area contributed by atoms with Crippen LogP contribution in [0.4, 0.5) is 5.82 Å². The lowest BCUT2D eigenvalue weighted by Gasteiger charge is -2.21. The molecule has 1 unspecified atom stereocenters. The van der Waals surface area contributed by atoms with Crippen molar-refractivity contribution in [3.05, 3.63) is 33.6 Å². The van der Waals surface area contributed by atoms with Crippen LogP contribution in [0.3, 0.4) is 0 Å². The van der Waals surface area contributed by atoms with Crippen molar-refractivity contribution in [3.8, 4) is 0 Å². The van der Waals surface area contributed by atoms with E-state index in [1.165, 1.54) is 10.4 Å². The summed E-state index contributed by atoms with van der Waals surface area (Å²) in [5.74, 6) is 0.651. The number of hydrogen-bond acceptors (Lipinski definition) is 3. The number of nitrogens with zero attached hydrogens (tertiary/aromatic N) is 1. The Labute approximate surface area is 109 Å². The van der Waals surface area contributed by atoms with Gasteiger partial charge in [0, 0.05) is 16.6 Å². The fourth-order valence-electron chi connectivity index (χ4n) is 2.45.